The minimum atomic E-state index is 0.192. The molecule has 1 aromatic rings. The molecule has 0 bridgehead atoms. The van der Waals surface area contributed by atoms with Crippen LogP contribution in [0.5, 0.6) is 5.75 Å². The summed E-state index contributed by atoms with van der Waals surface area (Å²) in [6, 6.07) is 8.61. The van der Waals surface area contributed by atoms with E-state index < -0.39 is 0 Å². The van der Waals surface area contributed by atoms with Crippen LogP contribution in [0.4, 0.5) is 0 Å². The number of aliphatic imine (C=N–C) groups is 1. The fraction of sp³-hybridized carbons (Fsp3) is 0.611. The fourth-order valence-electron chi connectivity index (χ4n) is 2.94. The van der Waals surface area contributed by atoms with Crippen LogP contribution < -0.4 is 15.8 Å². The lowest BCUT2D eigenvalue weighted by Crippen LogP contribution is -2.42. The Morgan fingerprint density at radius 2 is 2.13 bits per heavy atom. The first-order chi connectivity index (χ1) is 11.1. The lowest BCUT2D eigenvalue weighted by atomic mass is 10.2. The van der Waals surface area contributed by atoms with E-state index in [1.807, 2.05) is 38.1 Å². The van der Waals surface area contributed by atoms with Gasteiger partial charge in [-0.15, -0.1) is 0 Å². The Hall–Kier alpha value is -1.75. The van der Waals surface area contributed by atoms with E-state index in [-0.39, 0.29) is 6.10 Å². The molecule has 5 nitrogen and oxygen atoms in total. The first kappa shape index (κ1) is 17.6. The van der Waals surface area contributed by atoms with Crippen molar-refractivity contribution in [1.29, 1.82) is 0 Å². The molecule has 5 heteroatoms. The van der Waals surface area contributed by atoms with E-state index in [1.165, 1.54) is 19.4 Å². The third kappa shape index (κ3) is 5.75. The number of rotatable bonds is 7. The second-order valence-electron chi connectivity index (χ2n) is 6.32. The van der Waals surface area contributed by atoms with E-state index in [2.05, 4.69) is 22.1 Å². The van der Waals surface area contributed by atoms with Gasteiger partial charge in [0, 0.05) is 12.6 Å². The summed E-state index contributed by atoms with van der Waals surface area (Å²) in [4.78, 5) is 6.91. The smallest absolute Gasteiger partial charge is 0.188 e. The second-order valence-corrected chi connectivity index (χ2v) is 6.32. The molecule has 0 amide bonds. The molecule has 0 aliphatic carbocycles. The van der Waals surface area contributed by atoms with Crippen molar-refractivity contribution in [3.63, 3.8) is 0 Å². The van der Waals surface area contributed by atoms with Gasteiger partial charge in [-0.25, -0.2) is 4.99 Å². The van der Waals surface area contributed by atoms with E-state index in [0.29, 0.717) is 18.5 Å². The zero-order valence-electron chi connectivity index (χ0n) is 14.6. The first-order valence-electron chi connectivity index (χ1n) is 8.62. The molecule has 1 heterocycles. The number of hydrogen-bond donors (Lipinski definition) is 2. The molecule has 0 saturated carbocycles. The predicted molar refractivity (Wildman–Crippen MR) is 95.8 cm³/mol. The molecule has 1 fully saturated rings. The summed E-state index contributed by atoms with van der Waals surface area (Å²) < 4.78 is 5.63. The molecule has 0 aromatic heterocycles. The maximum atomic E-state index is 5.98. The van der Waals surface area contributed by atoms with Crippen molar-refractivity contribution < 1.29 is 4.74 Å². The molecule has 128 valence electrons. The van der Waals surface area contributed by atoms with E-state index in [9.17, 15) is 0 Å². The highest BCUT2D eigenvalue weighted by molar-refractivity contribution is 5.77. The Morgan fingerprint density at radius 3 is 2.78 bits per heavy atom. The summed E-state index contributed by atoms with van der Waals surface area (Å²) in [6.07, 6.45) is 2.71. The molecule has 2 rings (SSSR count). The molecule has 1 aromatic carbocycles. The molecular weight excluding hydrogens is 288 g/mol. The number of likely N-dealkylation sites (tertiary alicyclic amines) is 1. The van der Waals surface area contributed by atoms with Crippen LogP contribution in [0, 0.1) is 0 Å². The Balaban J connectivity index is 1.77. The minimum absolute atomic E-state index is 0.192. The summed E-state index contributed by atoms with van der Waals surface area (Å²) in [7, 11) is 0. The van der Waals surface area contributed by atoms with Gasteiger partial charge >= 0.3 is 0 Å². The molecular formula is C18H30N4O. The van der Waals surface area contributed by atoms with Crippen LogP contribution >= 0.6 is 0 Å². The van der Waals surface area contributed by atoms with Gasteiger partial charge < -0.3 is 15.8 Å². The van der Waals surface area contributed by atoms with Crippen molar-refractivity contribution in [3.8, 4) is 5.75 Å². The highest BCUT2D eigenvalue weighted by Crippen LogP contribution is 2.16. The molecule has 3 N–H and O–H groups in total. The summed E-state index contributed by atoms with van der Waals surface area (Å²) in [6.45, 7) is 10.0. The summed E-state index contributed by atoms with van der Waals surface area (Å²) in [5.74, 6) is 1.41. The van der Waals surface area contributed by atoms with Crippen molar-refractivity contribution in [2.75, 3.05) is 19.6 Å². The van der Waals surface area contributed by atoms with Crippen LogP contribution in [0.1, 0.15) is 39.2 Å². The van der Waals surface area contributed by atoms with Gasteiger partial charge in [-0.3, -0.25) is 4.90 Å². The van der Waals surface area contributed by atoms with E-state index >= 15 is 0 Å². The third-order valence-electron chi connectivity index (χ3n) is 4.15. The van der Waals surface area contributed by atoms with Crippen LogP contribution in [0.25, 0.3) is 0 Å². The third-order valence-corrected chi connectivity index (χ3v) is 4.15. The lowest BCUT2D eigenvalue weighted by Gasteiger charge is -2.23. The Labute approximate surface area is 139 Å². The molecule has 1 atom stereocenters. The molecule has 0 radical (unpaired) electrons. The quantitative estimate of drug-likeness (QED) is 0.598. The zero-order chi connectivity index (χ0) is 16.7. The van der Waals surface area contributed by atoms with Gasteiger partial charge in [-0.05, 0) is 57.5 Å². The van der Waals surface area contributed by atoms with Gasteiger partial charge in [0.25, 0.3) is 0 Å². The SMILES string of the molecule is CCN1CCCC1CNC(N)=NCc1ccc(OC(C)C)cc1. The van der Waals surface area contributed by atoms with Gasteiger partial charge in [-0.1, -0.05) is 19.1 Å². The molecule has 1 unspecified atom stereocenters. The number of nitrogens with one attached hydrogen (secondary N) is 1. The summed E-state index contributed by atoms with van der Waals surface area (Å²) >= 11 is 0. The number of ether oxygens (including phenoxy) is 1. The standard InChI is InChI=1S/C18H30N4O/c1-4-22-11-5-6-16(22)13-21-18(19)20-12-15-7-9-17(10-8-15)23-14(2)3/h7-10,14,16H,4-6,11-13H2,1-3H3,(H3,19,20,21). The predicted octanol–water partition coefficient (Wildman–Crippen LogP) is 2.36. The van der Waals surface area contributed by atoms with Crippen molar-refractivity contribution in [2.24, 2.45) is 10.7 Å². The number of hydrogen-bond acceptors (Lipinski definition) is 3. The Morgan fingerprint density at radius 1 is 1.39 bits per heavy atom. The van der Waals surface area contributed by atoms with Crippen molar-refractivity contribution in [2.45, 2.75) is 52.3 Å². The molecule has 1 aliphatic rings. The van der Waals surface area contributed by atoms with E-state index in [4.69, 9.17) is 10.5 Å². The number of benzene rings is 1. The monoisotopic (exact) mass is 318 g/mol. The average Bonchev–Trinajstić information content (AvgIpc) is 2.99. The second kappa shape index (κ2) is 8.77. The van der Waals surface area contributed by atoms with Crippen LogP contribution in [0.2, 0.25) is 0 Å². The van der Waals surface area contributed by atoms with Gasteiger partial charge in [0.2, 0.25) is 0 Å². The molecule has 23 heavy (non-hydrogen) atoms. The zero-order valence-corrected chi connectivity index (χ0v) is 14.6. The van der Waals surface area contributed by atoms with E-state index in [1.54, 1.807) is 0 Å². The van der Waals surface area contributed by atoms with Crippen LogP contribution in [-0.2, 0) is 6.54 Å². The van der Waals surface area contributed by atoms with Crippen LogP contribution in [0.3, 0.4) is 0 Å². The number of likely N-dealkylation sites (N-methyl/N-ethyl adjacent to an activating group) is 1. The molecule has 1 saturated heterocycles. The lowest BCUT2D eigenvalue weighted by molar-refractivity contribution is 0.242. The van der Waals surface area contributed by atoms with Gasteiger partial charge in [0.1, 0.15) is 5.75 Å². The number of nitrogens with zero attached hydrogens (tertiary/aromatic N) is 2. The van der Waals surface area contributed by atoms with Gasteiger partial charge in [-0.2, -0.15) is 0 Å². The van der Waals surface area contributed by atoms with E-state index in [0.717, 1.165) is 24.4 Å². The Bertz CT molecular complexity index is 498. The number of guanidine groups is 1. The average molecular weight is 318 g/mol. The first-order valence-corrected chi connectivity index (χ1v) is 8.62. The minimum Gasteiger partial charge on any atom is -0.491 e. The van der Waals surface area contributed by atoms with Crippen molar-refractivity contribution >= 4 is 5.96 Å². The van der Waals surface area contributed by atoms with Crippen molar-refractivity contribution in [3.05, 3.63) is 29.8 Å². The number of nitrogens with two attached hydrogens (primary N) is 1. The molecule has 0 spiro atoms. The maximum absolute atomic E-state index is 5.98. The normalized spacial score (nSPS) is 19.3. The largest absolute Gasteiger partial charge is 0.491 e. The van der Waals surface area contributed by atoms with Gasteiger partial charge in [0.05, 0.1) is 12.6 Å². The summed E-state index contributed by atoms with van der Waals surface area (Å²) in [5.41, 5.74) is 7.10. The van der Waals surface area contributed by atoms with Crippen LogP contribution in [-0.4, -0.2) is 42.6 Å². The highest BCUT2D eigenvalue weighted by atomic mass is 16.5. The van der Waals surface area contributed by atoms with Gasteiger partial charge in [0.15, 0.2) is 5.96 Å². The fourth-order valence-corrected chi connectivity index (χ4v) is 2.94. The van der Waals surface area contributed by atoms with Crippen molar-refractivity contribution in [1.82, 2.24) is 10.2 Å². The highest BCUT2D eigenvalue weighted by Gasteiger charge is 2.22. The maximum Gasteiger partial charge on any atom is 0.188 e. The topological polar surface area (TPSA) is 62.9 Å². The van der Waals surface area contributed by atoms with Crippen LogP contribution in [0.15, 0.2) is 29.3 Å². The Kier molecular flexibility index (Phi) is 6.71. The summed E-state index contributed by atoms with van der Waals surface area (Å²) in [5, 5.41) is 3.26. The molecule has 1 aliphatic heterocycles.